The molecule has 0 aliphatic heterocycles. The largest absolute Gasteiger partial charge is 0.396 e. The molecule has 0 fully saturated rings. The molecule has 2 N–H and O–H groups in total. The highest BCUT2D eigenvalue weighted by atomic mass is 35.5. The number of benzene rings is 1. The zero-order chi connectivity index (χ0) is 14.8. The van der Waals surface area contributed by atoms with Crippen LogP contribution in [-0.2, 0) is 0 Å². The Morgan fingerprint density at radius 3 is 2.21 bits per heavy atom. The normalized spacial score (nSPS) is 11.5. The SMILES string of the molecule is CN(CCC(F)(F)F)C(=O)c1cc(Cl)c(N)c(Cl)c1. The van der Waals surface area contributed by atoms with Gasteiger partial charge in [-0.3, -0.25) is 4.79 Å². The van der Waals surface area contributed by atoms with Gasteiger partial charge in [-0.05, 0) is 12.1 Å². The van der Waals surface area contributed by atoms with E-state index in [9.17, 15) is 18.0 Å². The summed E-state index contributed by atoms with van der Waals surface area (Å²) >= 11 is 11.5. The molecule has 1 rings (SSSR count). The molecular weight excluding hydrogens is 304 g/mol. The second kappa shape index (κ2) is 5.88. The summed E-state index contributed by atoms with van der Waals surface area (Å²) in [6.07, 6.45) is -5.39. The average molecular weight is 315 g/mol. The molecule has 0 bridgehead atoms. The van der Waals surface area contributed by atoms with Gasteiger partial charge in [-0.25, -0.2) is 0 Å². The highest BCUT2D eigenvalue weighted by molar-refractivity contribution is 6.39. The fourth-order valence-electron chi connectivity index (χ4n) is 1.32. The van der Waals surface area contributed by atoms with E-state index < -0.39 is 25.0 Å². The lowest BCUT2D eigenvalue weighted by Crippen LogP contribution is -2.30. The van der Waals surface area contributed by atoms with Crippen LogP contribution in [0.5, 0.6) is 0 Å². The molecule has 8 heteroatoms. The molecule has 106 valence electrons. The summed E-state index contributed by atoms with van der Waals surface area (Å²) in [5, 5.41) is 0.167. The maximum absolute atomic E-state index is 12.1. The lowest BCUT2D eigenvalue weighted by molar-refractivity contribution is -0.136. The molecule has 1 aromatic carbocycles. The first-order valence-electron chi connectivity index (χ1n) is 5.18. The van der Waals surface area contributed by atoms with Crippen LogP contribution in [0.15, 0.2) is 12.1 Å². The molecule has 3 nitrogen and oxygen atoms in total. The van der Waals surface area contributed by atoms with Gasteiger partial charge in [0.15, 0.2) is 0 Å². The van der Waals surface area contributed by atoms with Crippen molar-refractivity contribution in [3.05, 3.63) is 27.7 Å². The van der Waals surface area contributed by atoms with Gasteiger partial charge in [0.05, 0.1) is 22.2 Å². The highest BCUT2D eigenvalue weighted by Gasteiger charge is 2.28. The molecule has 0 aliphatic carbocycles. The number of anilines is 1. The average Bonchev–Trinajstić information content (AvgIpc) is 2.30. The van der Waals surface area contributed by atoms with Crippen LogP contribution in [0.1, 0.15) is 16.8 Å². The molecule has 0 saturated carbocycles. The maximum atomic E-state index is 12.1. The number of hydrogen-bond donors (Lipinski definition) is 1. The van der Waals surface area contributed by atoms with E-state index >= 15 is 0 Å². The van der Waals surface area contributed by atoms with Crippen molar-refractivity contribution in [1.82, 2.24) is 4.90 Å². The van der Waals surface area contributed by atoms with E-state index in [1.54, 1.807) is 0 Å². The second-order valence-corrected chi connectivity index (χ2v) is 4.76. The Kier molecular flexibility index (Phi) is 4.92. The molecule has 19 heavy (non-hydrogen) atoms. The van der Waals surface area contributed by atoms with Crippen LogP contribution in [-0.4, -0.2) is 30.6 Å². The standard InChI is InChI=1S/C11H11Cl2F3N2O/c1-18(3-2-11(14,15)16)10(19)6-4-7(12)9(17)8(13)5-6/h4-5H,2-3,17H2,1H3. The third-order valence-corrected chi connectivity index (χ3v) is 3.03. The lowest BCUT2D eigenvalue weighted by atomic mass is 10.2. The first kappa shape index (κ1) is 15.9. The lowest BCUT2D eigenvalue weighted by Gasteiger charge is -2.18. The number of amides is 1. The minimum Gasteiger partial charge on any atom is -0.396 e. The fourth-order valence-corrected chi connectivity index (χ4v) is 1.81. The van der Waals surface area contributed by atoms with Crippen LogP contribution in [0.4, 0.5) is 18.9 Å². The molecular formula is C11H11Cl2F3N2O. The molecule has 0 saturated heterocycles. The fraction of sp³-hybridized carbons (Fsp3) is 0.364. The predicted molar refractivity (Wildman–Crippen MR) is 68.5 cm³/mol. The number of nitrogens with two attached hydrogens (primary N) is 1. The Balaban J connectivity index is 2.83. The number of alkyl halides is 3. The number of nitrogens with zero attached hydrogens (tertiary/aromatic N) is 1. The van der Waals surface area contributed by atoms with Gasteiger partial charge in [0.2, 0.25) is 0 Å². The number of nitrogen functional groups attached to an aromatic ring is 1. The molecule has 1 amide bonds. The highest BCUT2D eigenvalue weighted by Crippen LogP contribution is 2.29. The van der Waals surface area contributed by atoms with Crippen LogP contribution < -0.4 is 5.73 Å². The van der Waals surface area contributed by atoms with Gasteiger partial charge in [-0.2, -0.15) is 13.2 Å². The molecule has 0 spiro atoms. The van der Waals surface area contributed by atoms with E-state index in [4.69, 9.17) is 28.9 Å². The Labute approximate surface area is 118 Å². The van der Waals surface area contributed by atoms with Gasteiger partial charge in [0, 0.05) is 19.2 Å². The molecule has 0 heterocycles. The summed E-state index contributed by atoms with van der Waals surface area (Å²) in [6.45, 7) is -0.443. The van der Waals surface area contributed by atoms with E-state index in [1.807, 2.05) is 0 Å². The van der Waals surface area contributed by atoms with Crippen molar-refractivity contribution in [3.8, 4) is 0 Å². The van der Waals surface area contributed by atoms with Crippen molar-refractivity contribution in [3.63, 3.8) is 0 Å². The third kappa shape index (κ3) is 4.47. The van der Waals surface area contributed by atoms with Crippen molar-refractivity contribution < 1.29 is 18.0 Å². The molecule has 1 aromatic rings. The van der Waals surface area contributed by atoms with Gasteiger partial charge in [0.1, 0.15) is 0 Å². The first-order valence-corrected chi connectivity index (χ1v) is 5.94. The summed E-state index contributed by atoms with van der Waals surface area (Å²) in [5.74, 6) is -0.604. The van der Waals surface area contributed by atoms with Crippen molar-refractivity contribution >= 4 is 34.8 Å². The first-order chi connectivity index (χ1) is 8.61. The maximum Gasteiger partial charge on any atom is 0.390 e. The second-order valence-electron chi connectivity index (χ2n) is 3.95. The molecule has 0 atom stereocenters. The Morgan fingerprint density at radius 1 is 1.32 bits per heavy atom. The number of carbonyl (C=O) groups excluding carboxylic acids is 1. The summed E-state index contributed by atoms with van der Waals surface area (Å²) in [5.41, 5.74) is 5.72. The zero-order valence-electron chi connectivity index (χ0n) is 9.89. The van der Waals surface area contributed by atoms with Crippen molar-refractivity contribution in [2.75, 3.05) is 19.3 Å². The number of carbonyl (C=O) groups is 1. The van der Waals surface area contributed by atoms with E-state index in [0.717, 1.165) is 4.90 Å². The Bertz CT molecular complexity index is 468. The minimum absolute atomic E-state index is 0.0834. The Morgan fingerprint density at radius 2 is 1.79 bits per heavy atom. The van der Waals surface area contributed by atoms with Crippen LogP contribution in [0, 0.1) is 0 Å². The predicted octanol–water partition coefficient (Wildman–Crippen LogP) is 3.60. The molecule has 0 unspecified atom stereocenters. The van der Waals surface area contributed by atoms with Crippen molar-refractivity contribution in [1.29, 1.82) is 0 Å². The number of halogens is 5. The third-order valence-electron chi connectivity index (χ3n) is 2.40. The van der Waals surface area contributed by atoms with E-state index in [-0.39, 0.29) is 21.3 Å². The van der Waals surface area contributed by atoms with Gasteiger partial charge >= 0.3 is 6.18 Å². The summed E-state index contributed by atoms with van der Waals surface area (Å²) in [7, 11) is 1.27. The molecule has 0 aliphatic rings. The van der Waals surface area contributed by atoms with Gasteiger partial charge < -0.3 is 10.6 Å². The summed E-state index contributed by atoms with van der Waals surface area (Å²) in [4.78, 5) is 12.8. The monoisotopic (exact) mass is 314 g/mol. The van der Waals surface area contributed by atoms with E-state index in [2.05, 4.69) is 0 Å². The van der Waals surface area contributed by atoms with Crippen LogP contribution >= 0.6 is 23.2 Å². The van der Waals surface area contributed by atoms with Gasteiger partial charge in [0.25, 0.3) is 5.91 Å². The van der Waals surface area contributed by atoms with Crippen molar-refractivity contribution in [2.45, 2.75) is 12.6 Å². The number of hydrogen-bond acceptors (Lipinski definition) is 2. The number of rotatable bonds is 3. The minimum atomic E-state index is -4.31. The van der Waals surface area contributed by atoms with Crippen LogP contribution in [0.3, 0.4) is 0 Å². The van der Waals surface area contributed by atoms with E-state index in [1.165, 1.54) is 19.2 Å². The quantitative estimate of drug-likeness (QED) is 0.866. The molecule has 0 radical (unpaired) electrons. The van der Waals surface area contributed by atoms with Crippen LogP contribution in [0.25, 0.3) is 0 Å². The van der Waals surface area contributed by atoms with E-state index in [0.29, 0.717) is 0 Å². The zero-order valence-corrected chi connectivity index (χ0v) is 11.4. The smallest absolute Gasteiger partial charge is 0.390 e. The van der Waals surface area contributed by atoms with Crippen LogP contribution in [0.2, 0.25) is 10.0 Å². The topological polar surface area (TPSA) is 46.3 Å². The van der Waals surface area contributed by atoms with Crippen molar-refractivity contribution in [2.24, 2.45) is 0 Å². The Hall–Kier alpha value is -1.14. The summed E-state index contributed by atoms with van der Waals surface area (Å²) in [6, 6.07) is 2.55. The summed E-state index contributed by atoms with van der Waals surface area (Å²) < 4.78 is 36.2. The molecule has 0 aromatic heterocycles. The van der Waals surface area contributed by atoms with Gasteiger partial charge in [-0.1, -0.05) is 23.2 Å². The van der Waals surface area contributed by atoms with Gasteiger partial charge in [-0.15, -0.1) is 0 Å².